The summed E-state index contributed by atoms with van der Waals surface area (Å²) in [5.41, 5.74) is 0. The van der Waals surface area contributed by atoms with E-state index in [1.807, 2.05) is 0 Å². The molecule has 0 aliphatic heterocycles. The van der Waals surface area contributed by atoms with Crippen LogP contribution in [-0.2, 0) is 13.6 Å². The average molecular weight is 336 g/mol. The minimum atomic E-state index is -3.27. The molecule has 0 saturated heterocycles. The van der Waals surface area contributed by atoms with Gasteiger partial charge in [-0.3, -0.25) is 4.57 Å². The van der Waals surface area contributed by atoms with Crippen molar-refractivity contribution in [2.75, 3.05) is 19.6 Å². The zero-order valence-corrected chi connectivity index (χ0v) is 15.6. The fraction of sp³-hybridized carbons (Fsp3) is 1.00. The van der Waals surface area contributed by atoms with Gasteiger partial charge >= 0.3 is 7.60 Å². The molecular weight excluding hydrogens is 299 g/mol. The summed E-state index contributed by atoms with van der Waals surface area (Å²) in [5, 5.41) is 9.22. The minimum Gasteiger partial charge on any atom is -0.384 e. The Balaban J connectivity index is 3.57. The molecule has 0 aromatic heterocycles. The zero-order chi connectivity index (χ0) is 16.5. The molecule has 0 aliphatic carbocycles. The Morgan fingerprint density at radius 2 is 1.05 bits per heavy atom. The van der Waals surface area contributed by atoms with Crippen molar-refractivity contribution in [2.24, 2.45) is 0 Å². The largest absolute Gasteiger partial charge is 0.384 e. The van der Waals surface area contributed by atoms with E-state index in [1.54, 1.807) is 0 Å². The topological polar surface area (TPSA) is 55.8 Å². The standard InChI is InChI=1S/C17H37O4P/c1-3-5-7-9-11-13-15-20-22(19,17-18)21-16-14-12-10-8-6-4-2/h18H,3-17H2,1-2H3. The third-order valence-electron chi connectivity index (χ3n) is 3.74. The summed E-state index contributed by atoms with van der Waals surface area (Å²) < 4.78 is 22.8. The molecule has 0 radical (unpaired) electrons. The number of aliphatic hydroxyl groups is 1. The smallest absolute Gasteiger partial charge is 0.355 e. The highest BCUT2D eigenvalue weighted by atomic mass is 31.2. The monoisotopic (exact) mass is 336 g/mol. The van der Waals surface area contributed by atoms with Crippen molar-refractivity contribution in [3.63, 3.8) is 0 Å². The summed E-state index contributed by atoms with van der Waals surface area (Å²) in [5.74, 6) is 0. The van der Waals surface area contributed by atoms with Crippen LogP contribution in [0.5, 0.6) is 0 Å². The highest BCUT2D eigenvalue weighted by molar-refractivity contribution is 7.53. The van der Waals surface area contributed by atoms with Crippen LogP contribution in [0.2, 0.25) is 0 Å². The SMILES string of the molecule is CCCCCCCCOP(=O)(CO)OCCCCCCCC. The summed E-state index contributed by atoms with van der Waals surface area (Å²) in [6.45, 7) is 5.23. The molecule has 0 spiro atoms. The Kier molecular flexibility index (Phi) is 16.1. The van der Waals surface area contributed by atoms with Crippen molar-refractivity contribution in [1.29, 1.82) is 0 Å². The molecule has 0 atom stereocenters. The summed E-state index contributed by atoms with van der Waals surface area (Å²) in [4.78, 5) is 0. The Bertz CT molecular complexity index is 249. The number of unbranched alkanes of at least 4 members (excludes halogenated alkanes) is 10. The number of hydrogen-bond donors (Lipinski definition) is 1. The van der Waals surface area contributed by atoms with Crippen LogP contribution < -0.4 is 0 Å². The van der Waals surface area contributed by atoms with Gasteiger partial charge in [0, 0.05) is 0 Å². The lowest BCUT2D eigenvalue weighted by Gasteiger charge is -2.16. The number of hydrogen-bond acceptors (Lipinski definition) is 4. The van der Waals surface area contributed by atoms with Gasteiger partial charge < -0.3 is 14.2 Å². The van der Waals surface area contributed by atoms with Crippen molar-refractivity contribution in [1.82, 2.24) is 0 Å². The van der Waals surface area contributed by atoms with Gasteiger partial charge in [0.1, 0.15) is 6.35 Å². The Morgan fingerprint density at radius 1 is 0.682 bits per heavy atom. The maximum Gasteiger partial charge on any atom is 0.355 e. The summed E-state index contributed by atoms with van der Waals surface area (Å²) >= 11 is 0. The van der Waals surface area contributed by atoms with Crippen LogP contribution in [-0.4, -0.2) is 24.7 Å². The zero-order valence-electron chi connectivity index (χ0n) is 14.7. The van der Waals surface area contributed by atoms with Gasteiger partial charge in [-0.1, -0.05) is 78.1 Å². The lowest BCUT2D eigenvalue weighted by Crippen LogP contribution is -2.03. The first kappa shape index (κ1) is 22.1. The number of aliphatic hydroxyl groups excluding tert-OH is 1. The molecule has 22 heavy (non-hydrogen) atoms. The minimum absolute atomic E-state index is 0.417. The lowest BCUT2D eigenvalue weighted by molar-refractivity contribution is 0.174. The molecule has 0 aromatic carbocycles. The van der Waals surface area contributed by atoms with Crippen LogP contribution in [0.15, 0.2) is 0 Å². The Labute approximate surface area is 137 Å². The van der Waals surface area contributed by atoms with Crippen LogP contribution in [0.25, 0.3) is 0 Å². The van der Waals surface area contributed by atoms with Gasteiger partial charge in [-0.2, -0.15) is 0 Å². The van der Waals surface area contributed by atoms with Crippen molar-refractivity contribution in [3.8, 4) is 0 Å². The van der Waals surface area contributed by atoms with Crippen molar-refractivity contribution in [3.05, 3.63) is 0 Å². The number of rotatable bonds is 17. The first-order valence-electron chi connectivity index (χ1n) is 9.17. The van der Waals surface area contributed by atoms with E-state index in [0.29, 0.717) is 13.2 Å². The van der Waals surface area contributed by atoms with E-state index < -0.39 is 13.9 Å². The van der Waals surface area contributed by atoms with E-state index >= 15 is 0 Å². The van der Waals surface area contributed by atoms with Crippen LogP contribution in [0, 0.1) is 0 Å². The van der Waals surface area contributed by atoms with Gasteiger partial charge in [-0.05, 0) is 12.8 Å². The summed E-state index contributed by atoms with van der Waals surface area (Å²) in [7, 11) is -3.27. The van der Waals surface area contributed by atoms with E-state index in [4.69, 9.17) is 9.05 Å². The molecule has 0 aromatic rings. The van der Waals surface area contributed by atoms with Crippen LogP contribution in [0.4, 0.5) is 0 Å². The molecule has 5 heteroatoms. The van der Waals surface area contributed by atoms with Gasteiger partial charge in [0.15, 0.2) is 0 Å². The highest BCUT2D eigenvalue weighted by Crippen LogP contribution is 2.47. The van der Waals surface area contributed by atoms with Gasteiger partial charge in [0.25, 0.3) is 0 Å². The van der Waals surface area contributed by atoms with E-state index in [9.17, 15) is 9.67 Å². The molecule has 0 rings (SSSR count). The second kappa shape index (κ2) is 16.0. The van der Waals surface area contributed by atoms with Crippen LogP contribution in [0.3, 0.4) is 0 Å². The van der Waals surface area contributed by atoms with Crippen LogP contribution in [0.1, 0.15) is 90.9 Å². The van der Waals surface area contributed by atoms with Crippen LogP contribution >= 0.6 is 7.60 Å². The molecule has 1 N–H and O–H groups in total. The second-order valence-electron chi connectivity index (χ2n) is 5.95. The lowest BCUT2D eigenvalue weighted by atomic mass is 10.1. The second-order valence-corrected chi connectivity index (χ2v) is 7.98. The fourth-order valence-electron chi connectivity index (χ4n) is 2.29. The van der Waals surface area contributed by atoms with E-state index in [0.717, 1.165) is 25.7 Å². The normalized spacial score (nSPS) is 12.0. The quantitative estimate of drug-likeness (QED) is 0.266. The maximum absolute atomic E-state index is 12.2. The summed E-state index contributed by atoms with van der Waals surface area (Å²) in [6, 6.07) is 0. The molecule has 0 saturated carbocycles. The third kappa shape index (κ3) is 13.8. The fourth-order valence-corrected chi connectivity index (χ4v) is 3.34. The van der Waals surface area contributed by atoms with Gasteiger partial charge in [0.2, 0.25) is 0 Å². The van der Waals surface area contributed by atoms with Crippen molar-refractivity contribution in [2.45, 2.75) is 90.9 Å². The van der Waals surface area contributed by atoms with Gasteiger partial charge in [0.05, 0.1) is 13.2 Å². The molecule has 0 fully saturated rings. The molecule has 0 unspecified atom stereocenters. The molecule has 0 bridgehead atoms. The van der Waals surface area contributed by atoms with E-state index in [1.165, 1.54) is 51.4 Å². The van der Waals surface area contributed by atoms with E-state index in [2.05, 4.69) is 13.8 Å². The average Bonchev–Trinajstić information content (AvgIpc) is 2.53. The Morgan fingerprint density at radius 3 is 1.41 bits per heavy atom. The predicted molar refractivity (Wildman–Crippen MR) is 93.3 cm³/mol. The molecular formula is C17H37O4P. The van der Waals surface area contributed by atoms with Gasteiger partial charge in [-0.15, -0.1) is 0 Å². The summed E-state index contributed by atoms with van der Waals surface area (Å²) in [6.07, 6.45) is 13.3. The van der Waals surface area contributed by atoms with Gasteiger partial charge in [-0.25, -0.2) is 0 Å². The maximum atomic E-state index is 12.2. The Hall–Kier alpha value is 0.110. The molecule has 0 aliphatic rings. The predicted octanol–water partition coefficient (Wildman–Crippen LogP) is 5.88. The first-order valence-corrected chi connectivity index (χ1v) is 10.9. The molecule has 4 nitrogen and oxygen atoms in total. The van der Waals surface area contributed by atoms with Crippen molar-refractivity contribution >= 4 is 7.60 Å². The molecule has 134 valence electrons. The highest BCUT2D eigenvalue weighted by Gasteiger charge is 2.22. The first-order chi connectivity index (χ1) is 10.7. The third-order valence-corrected chi connectivity index (χ3v) is 5.24. The molecule has 0 heterocycles. The van der Waals surface area contributed by atoms with E-state index in [-0.39, 0.29) is 0 Å². The molecule has 0 amide bonds. The van der Waals surface area contributed by atoms with Crippen molar-refractivity contribution < 1.29 is 18.7 Å².